The normalized spacial score (nSPS) is 13.9. The van der Waals surface area contributed by atoms with E-state index in [1.807, 2.05) is 13.8 Å². The highest BCUT2D eigenvalue weighted by Gasteiger charge is 2.35. The van der Waals surface area contributed by atoms with E-state index in [0.29, 0.717) is 19.4 Å². The summed E-state index contributed by atoms with van der Waals surface area (Å²) in [4.78, 5) is 11.3. The summed E-state index contributed by atoms with van der Waals surface area (Å²) in [6.45, 7) is 7.59. The maximum Gasteiger partial charge on any atom is 0.311 e. The number of hydrogen-bond donors (Lipinski definition) is 1. The van der Waals surface area contributed by atoms with Gasteiger partial charge in [-0.1, -0.05) is 13.8 Å². The van der Waals surface area contributed by atoms with Gasteiger partial charge in [0.05, 0.1) is 18.1 Å². The molecule has 1 atom stereocenters. The second-order valence-corrected chi connectivity index (χ2v) is 3.28. The average Bonchev–Trinajstić information content (AvgIpc) is 2.16. The highest BCUT2D eigenvalue weighted by atomic mass is 16.5. The summed E-state index contributed by atoms with van der Waals surface area (Å²) in [5.74, 6) is -0.754. The van der Waals surface area contributed by atoms with Crippen LogP contribution in [0.1, 0.15) is 40.5 Å². The molecular weight excluding hydrogens is 168 g/mol. The van der Waals surface area contributed by atoms with E-state index >= 15 is 0 Å². The van der Waals surface area contributed by atoms with Crippen LogP contribution in [-0.2, 0) is 9.53 Å². The molecule has 0 bridgehead atoms. The van der Waals surface area contributed by atoms with Crippen LogP contribution >= 0.6 is 0 Å². The lowest BCUT2D eigenvalue weighted by atomic mass is 9.84. The molecule has 0 amide bonds. The van der Waals surface area contributed by atoms with Crippen molar-refractivity contribution in [2.24, 2.45) is 5.92 Å². The minimum atomic E-state index is -0.910. The van der Waals surface area contributed by atoms with Crippen LogP contribution in [-0.4, -0.2) is 23.3 Å². The van der Waals surface area contributed by atoms with Crippen molar-refractivity contribution in [2.75, 3.05) is 6.61 Å². The monoisotopic (exact) mass is 188 g/mol. The van der Waals surface area contributed by atoms with E-state index in [4.69, 9.17) is 4.74 Å². The highest BCUT2D eigenvalue weighted by molar-refractivity contribution is 5.73. The van der Waals surface area contributed by atoms with Crippen LogP contribution in [0.3, 0.4) is 0 Å². The van der Waals surface area contributed by atoms with Crippen molar-refractivity contribution in [3.8, 4) is 0 Å². The first kappa shape index (κ1) is 12.4. The molecule has 0 rings (SSSR count). The summed E-state index contributed by atoms with van der Waals surface area (Å²) in [6.07, 6.45) is 1.15. The lowest BCUT2D eigenvalue weighted by molar-refractivity contribution is -0.157. The molecule has 0 radical (unpaired) electrons. The highest BCUT2D eigenvalue weighted by Crippen LogP contribution is 2.25. The van der Waals surface area contributed by atoms with Crippen LogP contribution in [0.2, 0.25) is 0 Å². The first-order chi connectivity index (χ1) is 6.01. The summed E-state index contributed by atoms with van der Waals surface area (Å²) < 4.78 is 4.85. The summed E-state index contributed by atoms with van der Waals surface area (Å²) in [5, 5.41) is 9.99. The third-order valence-corrected chi connectivity index (χ3v) is 2.67. The molecule has 0 aromatic heterocycles. The number of aliphatic hydroxyl groups is 1. The quantitative estimate of drug-likeness (QED) is 0.668. The molecule has 0 saturated carbocycles. The van der Waals surface area contributed by atoms with Crippen molar-refractivity contribution in [1.29, 1.82) is 0 Å². The molecule has 3 heteroatoms. The Labute approximate surface area is 80.1 Å². The van der Waals surface area contributed by atoms with Crippen LogP contribution < -0.4 is 0 Å². The van der Waals surface area contributed by atoms with E-state index in [1.54, 1.807) is 13.8 Å². The standard InChI is InChI=1S/C10H20O3/c1-5-10(12,6-2)8(4)9(11)13-7-3/h8,12H,5-7H2,1-4H3. The molecule has 1 N–H and O–H groups in total. The second-order valence-electron chi connectivity index (χ2n) is 3.28. The van der Waals surface area contributed by atoms with Gasteiger partial charge in [0.2, 0.25) is 0 Å². The van der Waals surface area contributed by atoms with Gasteiger partial charge in [-0.25, -0.2) is 0 Å². The minimum Gasteiger partial charge on any atom is -0.466 e. The molecule has 0 aliphatic carbocycles. The van der Waals surface area contributed by atoms with Crippen LogP contribution in [0, 0.1) is 5.92 Å². The predicted octanol–water partition coefficient (Wildman–Crippen LogP) is 1.74. The van der Waals surface area contributed by atoms with E-state index < -0.39 is 11.5 Å². The van der Waals surface area contributed by atoms with Gasteiger partial charge < -0.3 is 9.84 Å². The third kappa shape index (κ3) is 2.99. The van der Waals surface area contributed by atoms with Crippen LogP contribution in [0.5, 0.6) is 0 Å². The van der Waals surface area contributed by atoms with Gasteiger partial charge in [-0.3, -0.25) is 4.79 Å². The predicted molar refractivity (Wildman–Crippen MR) is 51.3 cm³/mol. The Balaban J connectivity index is 4.36. The zero-order valence-electron chi connectivity index (χ0n) is 8.96. The lowest BCUT2D eigenvalue weighted by Gasteiger charge is -2.30. The zero-order chi connectivity index (χ0) is 10.5. The molecule has 78 valence electrons. The van der Waals surface area contributed by atoms with Crippen molar-refractivity contribution < 1.29 is 14.6 Å². The van der Waals surface area contributed by atoms with Gasteiger partial charge >= 0.3 is 5.97 Å². The Morgan fingerprint density at radius 2 is 1.85 bits per heavy atom. The van der Waals surface area contributed by atoms with Crippen molar-refractivity contribution in [1.82, 2.24) is 0 Å². The van der Waals surface area contributed by atoms with E-state index in [9.17, 15) is 9.90 Å². The smallest absolute Gasteiger partial charge is 0.311 e. The van der Waals surface area contributed by atoms with Gasteiger partial charge in [0.25, 0.3) is 0 Å². The fourth-order valence-electron chi connectivity index (χ4n) is 1.35. The SMILES string of the molecule is CCOC(=O)C(C)C(O)(CC)CC. The Hall–Kier alpha value is -0.570. The van der Waals surface area contributed by atoms with Crippen LogP contribution in [0.15, 0.2) is 0 Å². The lowest BCUT2D eigenvalue weighted by Crippen LogP contribution is -2.40. The Kier molecular flexibility index (Phi) is 4.99. The van der Waals surface area contributed by atoms with E-state index in [2.05, 4.69) is 0 Å². The number of hydrogen-bond acceptors (Lipinski definition) is 3. The van der Waals surface area contributed by atoms with E-state index in [0.717, 1.165) is 0 Å². The Morgan fingerprint density at radius 3 is 2.15 bits per heavy atom. The third-order valence-electron chi connectivity index (χ3n) is 2.67. The van der Waals surface area contributed by atoms with Crippen molar-refractivity contribution >= 4 is 5.97 Å². The largest absolute Gasteiger partial charge is 0.466 e. The molecule has 13 heavy (non-hydrogen) atoms. The van der Waals surface area contributed by atoms with Crippen molar-refractivity contribution in [2.45, 2.75) is 46.1 Å². The molecule has 3 nitrogen and oxygen atoms in total. The van der Waals surface area contributed by atoms with Crippen LogP contribution in [0.25, 0.3) is 0 Å². The molecule has 0 aromatic rings. The van der Waals surface area contributed by atoms with Gasteiger partial charge in [0.1, 0.15) is 0 Å². The molecule has 0 fully saturated rings. The van der Waals surface area contributed by atoms with Gasteiger partial charge in [-0.15, -0.1) is 0 Å². The zero-order valence-corrected chi connectivity index (χ0v) is 8.96. The topological polar surface area (TPSA) is 46.5 Å². The molecule has 0 saturated heterocycles. The summed E-state index contributed by atoms with van der Waals surface area (Å²) >= 11 is 0. The van der Waals surface area contributed by atoms with Gasteiger partial charge in [0.15, 0.2) is 0 Å². The van der Waals surface area contributed by atoms with Gasteiger partial charge in [-0.05, 0) is 26.7 Å². The average molecular weight is 188 g/mol. The van der Waals surface area contributed by atoms with Gasteiger partial charge in [0, 0.05) is 0 Å². The first-order valence-electron chi connectivity index (χ1n) is 4.90. The number of carbonyl (C=O) groups is 1. The molecule has 0 aliphatic heterocycles. The second kappa shape index (κ2) is 5.22. The summed E-state index contributed by atoms with van der Waals surface area (Å²) in [7, 11) is 0. The van der Waals surface area contributed by atoms with Gasteiger partial charge in [-0.2, -0.15) is 0 Å². The van der Waals surface area contributed by atoms with E-state index in [-0.39, 0.29) is 5.97 Å². The van der Waals surface area contributed by atoms with Crippen LogP contribution in [0.4, 0.5) is 0 Å². The molecule has 0 aliphatic rings. The van der Waals surface area contributed by atoms with E-state index in [1.165, 1.54) is 0 Å². The number of carbonyl (C=O) groups excluding carboxylic acids is 1. The molecular formula is C10H20O3. The Bertz CT molecular complexity index is 162. The number of ether oxygens (including phenoxy) is 1. The molecule has 0 heterocycles. The molecule has 0 aromatic carbocycles. The van der Waals surface area contributed by atoms with Crippen molar-refractivity contribution in [3.63, 3.8) is 0 Å². The minimum absolute atomic E-state index is 0.311. The maximum absolute atomic E-state index is 11.3. The number of esters is 1. The summed E-state index contributed by atoms with van der Waals surface area (Å²) in [5.41, 5.74) is -0.910. The fourth-order valence-corrected chi connectivity index (χ4v) is 1.35. The van der Waals surface area contributed by atoms with Crippen molar-refractivity contribution in [3.05, 3.63) is 0 Å². The molecule has 0 spiro atoms. The fraction of sp³-hybridized carbons (Fsp3) is 0.900. The number of rotatable bonds is 5. The Morgan fingerprint density at radius 1 is 1.38 bits per heavy atom. The maximum atomic E-state index is 11.3. The first-order valence-corrected chi connectivity index (χ1v) is 4.90. The summed E-state index contributed by atoms with van der Waals surface area (Å²) in [6, 6.07) is 0. The molecule has 1 unspecified atom stereocenters.